The summed E-state index contributed by atoms with van der Waals surface area (Å²) in [5.74, 6) is -2.18. The molecule has 1 rings (SSSR count). The van der Waals surface area contributed by atoms with Gasteiger partial charge in [0.05, 0.1) is 12.5 Å². The van der Waals surface area contributed by atoms with Gasteiger partial charge in [-0.3, -0.25) is 9.59 Å². The van der Waals surface area contributed by atoms with Crippen molar-refractivity contribution in [1.29, 1.82) is 0 Å². The molecule has 1 heterocycles. The highest BCUT2D eigenvalue weighted by Crippen LogP contribution is 2.22. The van der Waals surface area contributed by atoms with Gasteiger partial charge in [-0.1, -0.05) is 0 Å². The van der Waals surface area contributed by atoms with Gasteiger partial charge >= 0.3 is 11.9 Å². The highest BCUT2D eigenvalue weighted by atomic mass is 16.6. The zero-order valence-electron chi connectivity index (χ0n) is 12.4. The smallest absolute Gasteiger partial charge is 0.355 e. The summed E-state index contributed by atoms with van der Waals surface area (Å²) in [5.41, 5.74) is -0.789. The molecule has 6 nitrogen and oxygen atoms in total. The van der Waals surface area contributed by atoms with E-state index >= 15 is 0 Å². The lowest BCUT2D eigenvalue weighted by Gasteiger charge is -2.26. The lowest BCUT2D eigenvalue weighted by Crippen LogP contribution is -2.43. The Morgan fingerprint density at radius 2 is 1.70 bits per heavy atom. The molecule has 1 atom stereocenters. The minimum atomic E-state index is -1.48. The van der Waals surface area contributed by atoms with E-state index in [0.717, 1.165) is 7.11 Å². The summed E-state index contributed by atoms with van der Waals surface area (Å²) in [7, 11) is 1.16. The molecule has 0 radical (unpaired) electrons. The van der Waals surface area contributed by atoms with Crippen molar-refractivity contribution in [3.63, 3.8) is 0 Å². The van der Waals surface area contributed by atoms with Crippen molar-refractivity contribution < 1.29 is 28.6 Å². The molecule has 0 aliphatic carbocycles. The molecule has 0 saturated carbocycles. The molecule has 0 amide bonds. The van der Waals surface area contributed by atoms with Crippen LogP contribution in [-0.4, -0.2) is 44.1 Å². The van der Waals surface area contributed by atoms with E-state index < -0.39 is 29.2 Å². The van der Waals surface area contributed by atoms with Gasteiger partial charge < -0.3 is 14.2 Å². The number of hydrogen-bond acceptors (Lipinski definition) is 6. The number of hydrogen-bond donors (Lipinski definition) is 0. The summed E-state index contributed by atoms with van der Waals surface area (Å²) >= 11 is 0. The van der Waals surface area contributed by atoms with Gasteiger partial charge in [0.15, 0.2) is 5.78 Å². The third-order valence-corrected chi connectivity index (χ3v) is 3.13. The molecule has 1 fully saturated rings. The number of esters is 2. The van der Waals surface area contributed by atoms with Gasteiger partial charge in [-0.25, -0.2) is 4.79 Å². The largest absolute Gasteiger partial charge is 0.466 e. The number of carbonyl (C=O) groups is 3. The first-order valence-corrected chi connectivity index (χ1v) is 6.67. The fourth-order valence-corrected chi connectivity index (χ4v) is 1.81. The predicted octanol–water partition coefficient (Wildman–Crippen LogP) is 1.11. The van der Waals surface area contributed by atoms with Crippen molar-refractivity contribution in [3.8, 4) is 0 Å². The maximum atomic E-state index is 12.3. The second-order valence-electron chi connectivity index (χ2n) is 5.85. The van der Waals surface area contributed by atoms with E-state index in [9.17, 15) is 14.4 Å². The Bertz CT molecular complexity index is 376. The fourth-order valence-electron chi connectivity index (χ4n) is 1.81. The molecule has 1 saturated heterocycles. The van der Waals surface area contributed by atoms with Crippen molar-refractivity contribution in [2.75, 3.05) is 20.3 Å². The zero-order valence-corrected chi connectivity index (χ0v) is 12.4. The van der Waals surface area contributed by atoms with Crippen molar-refractivity contribution >= 4 is 17.7 Å². The first-order chi connectivity index (χ1) is 9.27. The molecular formula is C14H22O6. The number of Topliss-reactive ketones (excluding diaryl/α,β-unsaturated/α-hetero) is 1. The van der Waals surface area contributed by atoms with Crippen LogP contribution >= 0.6 is 0 Å². The minimum Gasteiger partial charge on any atom is -0.466 e. The van der Waals surface area contributed by atoms with E-state index in [2.05, 4.69) is 4.74 Å². The summed E-state index contributed by atoms with van der Waals surface area (Å²) in [6, 6.07) is 0. The van der Waals surface area contributed by atoms with Crippen LogP contribution < -0.4 is 0 Å². The topological polar surface area (TPSA) is 78.9 Å². The summed E-state index contributed by atoms with van der Waals surface area (Å²) in [5, 5.41) is 0. The van der Waals surface area contributed by atoms with E-state index in [1.165, 1.54) is 0 Å². The second-order valence-corrected chi connectivity index (χ2v) is 5.85. The number of methoxy groups -OCH3 is 1. The van der Waals surface area contributed by atoms with Crippen LogP contribution in [0.15, 0.2) is 0 Å². The SMILES string of the molecule is COC(=O)C(OC(=O)C(C)(C)C)C(=O)C1CCOCC1. The van der Waals surface area contributed by atoms with E-state index in [4.69, 9.17) is 9.47 Å². The first kappa shape index (κ1) is 16.6. The molecule has 0 N–H and O–H groups in total. The highest BCUT2D eigenvalue weighted by molar-refractivity contribution is 6.04. The molecule has 0 spiro atoms. The fraction of sp³-hybridized carbons (Fsp3) is 0.786. The normalized spacial score (nSPS) is 18.2. The maximum Gasteiger partial charge on any atom is 0.355 e. The third kappa shape index (κ3) is 4.30. The number of ether oxygens (including phenoxy) is 3. The van der Waals surface area contributed by atoms with Gasteiger partial charge in [0.2, 0.25) is 0 Å². The van der Waals surface area contributed by atoms with E-state index in [1.54, 1.807) is 20.8 Å². The standard InChI is InChI=1S/C14H22O6/c1-14(2,3)13(17)20-11(12(16)18-4)10(15)9-5-7-19-8-6-9/h9,11H,5-8H2,1-4H3. The second kappa shape index (κ2) is 6.83. The van der Waals surface area contributed by atoms with E-state index in [-0.39, 0.29) is 5.92 Å². The Hall–Kier alpha value is -1.43. The Kier molecular flexibility index (Phi) is 5.68. The van der Waals surface area contributed by atoms with Crippen LogP contribution in [0.3, 0.4) is 0 Å². The summed E-state index contributed by atoms with van der Waals surface area (Å²) < 4.78 is 14.8. The molecule has 114 valence electrons. The molecule has 1 aliphatic heterocycles. The average Bonchev–Trinajstić information content (AvgIpc) is 2.42. The molecule has 1 aliphatic rings. The lowest BCUT2D eigenvalue weighted by atomic mass is 9.91. The first-order valence-electron chi connectivity index (χ1n) is 6.67. The Morgan fingerprint density at radius 1 is 1.15 bits per heavy atom. The average molecular weight is 286 g/mol. The van der Waals surface area contributed by atoms with Gasteiger partial charge in [0, 0.05) is 19.1 Å². The summed E-state index contributed by atoms with van der Waals surface area (Å²) in [6.45, 7) is 5.91. The van der Waals surface area contributed by atoms with Crippen molar-refractivity contribution in [1.82, 2.24) is 0 Å². The Morgan fingerprint density at radius 3 is 2.15 bits per heavy atom. The van der Waals surface area contributed by atoms with Crippen molar-refractivity contribution in [3.05, 3.63) is 0 Å². The van der Waals surface area contributed by atoms with Crippen LogP contribution in [0.5, 0.6) is 0 Å². The van der Waals surface area contributed by atoms with Gasteiger partial charge in [0.25, 0.3) is 6.10 Å². The summed E-state index contributed by atoms with van der Waals surface area (Å²) in [6.07, 6.45) is -0.423. The molecule has 1 unspecified atom stereocenters. The highest BCUT2D eigenvalue weighted by Gasteiger charge is 2.39. The molecule has 20 heavy (non-hydrogen) atoms. The van der Waals surface area contributed by atoms with Crippen LogP contribution in [-0.2, 0) is 28.6 Å². The van der Waals surface area contributed by atoms with E-state index in [0.29, 0.717) is 26.1 Å². The molecule has 0 bridgehead atoms. The van der Waals surface area contributed by atoms with Gasteiger partial charge in [-0.15, -0.1) is 0 Å². The van der Waals surface area contributed by atoms with Crippen LogP contribution in [0, 0.1) is 11.3 Å². The van der Waals surface area contributed by atoms with Crippen LogP contribution in [0.2, 0.25) is 0 Å². The molecule has 6 heteroatoms. The monoisotopic (exact) mass is 286 g/mol. The van der Waals surface area contributed by atoms with Crippen molar-refractivity contribution in [2.45, 2.75) is 39.7 Å². The number of rotatable bonds is 4. The molecule has 0 aromatic heterocycles. The van der Waals surface area contributed by atoms with Crippen molar-refractivity contribution in [2.24, 2.45) is 11.3 Å². The summed E-state index contributed by atoms with van der Waals surface area (Å²) in [4.78, 5) is 35.9. The quantitative estimate of drug-likeness (QED) is 0.569. The molecule has 0 aromatic carbocycles. The van der Waals surface area contributed by atoms with Crippen LogP contribution in [0.25, 0.3) is 0 Å². The van der Waals surface area contributed by atoms with Crippen LogP contribution in [0.1, 0.15) is 33.6 Å². The van der Waals surface area contributed by atoms with E-state index in [1.807, 2.05) is 0 Å². The Balaban J connectivity index is 2.80. The number of carbonyl (C=O) groups excluding carboxylic acids is 3. The zero-order chi connectivity index (χ0) is 15.3. The van der Waals surface area contributed by atoms with Gasteiger partial charge in [0.1, 0.15) is 0 Å². The lowest BCUT2D eigenvalue weighted by molar-refractivity contribution is -0.176. The number of ketones is 1. The third-order valence-electron chi connectivity index (χ3n) is 3.13. The van der Waals surface area contributed by atoms with Gasteiger partial charge in [-0.2, -0.15) is 0 Å². The molecular weight excluding hydrogens is 264 g/mol. The molecule has 0 aromatic rings. The minimum absolute atomic E-state index is 0.333. The van der Waals surface area contributed by atoms with Crippen LogP contribution in [0.4, 0.5) is 0 Å². The predicted molar refractivity (Wildman–Crippen MR) is 69.9 cm³/mol. The maximum absolute atomic E-state index is 12.3. The van der Waals surface area contributed by atoms with Gasteiger partial charge in [-0.05, 0) is 33.6 Å². The Labute approximate surface area is 118 Å².